The van der Waals surface area contributed by atoms with Crippen LogP contribution in [-0.4, -0.2) is 35.3 Å². The van der Waals surface area contributed by atoms with Crippen LogP contribution in [0, 0.1) is 6.92 Å². The smallest absolute Gasteiger partial charge is 0.319 e. The van der Waals surface area contributed by atoms with Gasteiger partial charge in [0.2, 0.25) is 0 Å². The molecule has 0 aromatic heterocycles. The van der Waals surface area contributed by atoms with E-state index < -0.39 is 0 Å². The highest BCUT2D eigenvalue weighted by Gasteiger charge is 2.37. The van der Waals surface area contributed by atoms with Crippen LogP contribution in [0.15, 0.2) is 42.5 Å². The molecule has 2 aromatic carbocycles. The van der Waals surface area contributed by atoms with Gasteiger partial charge in [0.05, 0.1) is 11.1 Å². The second-order valence-corrected chi connectivity index (χ2v) is 6.95. The summed E-state index contributed by atoms with van der Waals surface area (Å²) in [5.41, 5.74) is 3.53. The lowest BCUT2D eigenvalue weighted by Crippen LogP contribution is -2.35. The van der Waals surface area contributed by atoms with Crippen molar-refractivity contribution in [1.82, 2.24) is 10.2 Å². The molecular formula is C21H23N3O3. The van der Waals surface area contributed by atoms with Gasteiger partial charge in [-0.1, -0.05) is 29.8 Å². The van der Waals surface area contributed by atoms with E-state index >= 15 is 0 Å². The average Bonchev–Trinajstić information content (AvgIpc) is 2.87. The van der Waals surface area contributed by atoms with E-state index in [4.69, 9.17) is 0 Å². The van der Waals surface area contributed by atoms with Crippen molar-refractivity contribution in [3.8, 4) is 0 Å². The van der Waals surface area contributed by atoms with Gasteiger partial charge in [-0.2, -0.15) is 0 Å². The number of aryl methyl sites for hydroxylation is 1. The predicted molar refractivity (Wildman–Crippen MR) is 104 cm³/mol. The van der Waals surface area contributed by atoms with Gasteiger partial charge in [-0.25, -0.2) is 4.79 Å². The topological polar surface area (TPSA) is 78.5 Å². The third-order valence-electron chi connectivity index (χ3n) is 4.51. The Hall–Kier alpha value is -3.15. The van der Waals surface area contributed by atoms with Crippen molar-refractivity contribution in [2.75, 3.05) is 11.9 Å². The lowest BCUT2D eigenvalue weighted by molar-refractivity contribution is 0.0609. The van der Waals surface area contributed by atoms with E-state index in [0.717, 1.165) is 12.0 Å². The van der Waals surface area contributed by atoms with E-state index in [0.29, 0.717) is 23.4 Å². The minimum atomic E-state index is -0.348. The number of imide groups is 1. The van der Waals surface area contributed by atoms with Gasteiger partial charge in [0.25, 0.3) is 11.8 Å². The Balaban J connectivity index is 1.59. The van der Waals surface area contributed by atoms with Crippen LogP contribution in [0.25, 0.3) is 0 Å². The molecule has 0 spiro atoms. The number of hydrogen-bond donors (Lipinski definition) is 2. The SMILES string of the molecule is Cc1ccc(CCNC(=O)Nc2ccc3c(c2)C(=O)N(C(C)C)C3=O)cc1. The number of nitrogens with one attached hydrogen (secondary N) is 2. The summed E-state index contributed by atoms with van der Waals surface area (Å²) in [7, 11) is 0. The normalized spacial score (nSPS) is 13.1. The molecule has 27 heavy (non-hydrogen) atoms. The van der Waals surface area contributed by atoms with Crippen molar-refractivity contribution in [3.63, 3.8) is 0 Å². The molecule has 0 atom stereocenters. The van der Waals surface area contributed by atoms with E-state index in [1.807, 2.05) is 31.2 Å². The van der Waals surface area contributed by atoms with E-state index in [1.165, 1.54) is 10.5 Å². The highest BCUT2D eigenvalue weighted by atomic mass is 16.2. The van der Waals surface area contributed by atoms with Gasteiger partial charge in [-0.05, 0) is 51.0 Å². The van der Waals surface area contributed by atoms with E-state index in [-0.39, 0.29) is 23.9 Å². The molecule has 0 radical (unpaired) electrons. The first-order valence-electron chi connectivity index (χ1n) is 8.99. The molecule has 1 aliphatic rings. The molecule has 6 nitrogen and oxygen atoms in total. The molecule has 2 N–H and O–H groups in total. The summed E-state index contributed by atoms with van der Waals surface area (Å²) in [4.78, 5) is 38.0. The molecule has 4 amide bonds. The summed E-state index contributed by atoms with van der Waals surface area (Å²) >= 11 is 0. The lowest BCUT2D eigenvalue weighted by Gasteiger charge is -2.17. The number of carbonyl (C=O) groups excluding carboxylic acids is 3. The van der Waals surface area contributed by atoms with Crippen molar-refractivity contribution < 1.29 is 14.4 Å². The van der Waals surface area contributed by atoms with Crippen molar-refractivity contribution in [3.05, 3.63) is 64.7 Å². The third-order valence-corrected chi connectivity index (χ3v) is 4.51. The maximum Gasteiger partial charge on any atom is 0.319 e. The maximum atomic E-state index is 12.4. The van der Waals surface area contributed by atoms with Crippen molar-refractivity contribution in [2.24, 2.45) is 0 Å². The highest BCUT2D eigenvalue weighted by molar-refractivity contribution is 6.22. The number of anilines is 1. The minimum Gasteiger partial charge on any atom is -0.338 e. The quantitative estimate of drug-likeness (QED) is 0.798. The van der Waals surface area contributed by atoms with Crippen LogP contribution in [0.2, 0.25) is 0 Å². The zero-order chi connectivity index (χ0) is 19.6. The summed E-state index contributed by atoms with van der Waals surface area (Å²) < 4.78 is 0. The predicted octanol–water partition coefficient (Wildman–Crippen LogP) is 3.36. The molecule has 0 saturated heterocycles. The molecule has 0 fully saturated rings. The first-order chi connectivity index (χ1) is 12.9. The standard InChI is InChI=1S/C21H23N3O3/c1-13(2)24-19(25)17-9-8-16(12-18(17)20(24)26)23-21(27)22-11-10-15-6-4-14(3)5-7-15/h4-9,12-13H,10-11H2,1-3H3,(H2,22,23,27). The van der Waals surface area contributed by atoms with Crippen LogP contribution in [-0.2, 0) is 6.42 Å². The first-order valence-corrected chi connectivity index (χ1v) is 8.99. The molecular weight excluding hydrogens is 342 g/mol. The zero-order valence-corrected chi connectivity index (χ0v) is 15.7. The lowest BCUT2D eigenvalue weighted by atomic mass is 10.1. The van der Waals surface area contributed by atoms with Crippen molar-refractivity contribution in [1.29, 1.82) is 0 Å². The van der Waals surface area contributed by atoms with Crippen LogP contribution in [0.1, 0.15) is 45.7 Å². The Morgan fingerprint density at radius 2 is 1.67 bits per heavy atom. The second-order valence-electron chi connectivity index (χ2n) is 6.95. The zero-order valence-electron chi connectivity index (χ0n) is 15.7. The molecule has 6 heteroatoms. The molecule has 0 saturated carbocycles. The minimum absolute atomic E-state index is 0.209. The third kappa shape index (κ3) is 4.00. The number of amides is 4. The molecule has 1 aliphatic heterocycles. The van der Waals surface area contributed by atoms with Gasteiger partial charge < -0.3 is 10.6 Å². The van der Waals surface area contributed by atoms with Gasteiger partial charge in [0.1, 0.15) is 0 Å². The number of benzene rings is 2. The molecule has 2 aromatic rings. The van der Waals surface area contributed by atoms with E-state index in [9.17, 15) is 14.4 Å². The molecule has 1 heterocycles. The Morgan fingerprint density at radius 3 is 2.33 bits per heavy atom. The number of hydrogen-bond acceptors (Lipinski definition) is 3. The first kappa shape index (κ1) is 18.6. The van der Waals surface area contributed by atoms with Gasteiger partial charge in [0.15, 0.2) is 0 Å². The molecule has 0 unspecified atom stereocenters. The van der Waals surface area contributed by atoms with Crippen LogP contribution in [0.5, 0.6) is 0 Å². The van der Waals surface area contributed by atoms with E-state index in [1.54, 1.807) is 32.0 Å². The number of urea groups is 1. The fraction of sp³-hybridized carbons (Fsp3) is 0.286. The fourth-order valence-electron chi connectivity index (χ4n) is 3.06. The molecule has 3 rings (SSSR count). The fourth-order valence-corrected chi connectivity index (χ4v) is 3.06. The summed E-state index contributed by atoms with van der Waals surface area (Å²) in [6, 6.07) is 12.4. The van der Waals surface area contributed by atoms with Crippen molar-refractivity contribution in [2.45, 2.75) is 33.2 Å². The molecule has 0 bridgehead atoms. The van der Waals surface area contributed by atoms with Gasteiger partial charge >= 0.3 is 6.03 Å². The monoisotopic (exact) mass is 365 g/mol. The number of fused-ring (bicyclic) bond motifs is 1. The average molecular weight is 365 g/mol. The second kappa shape index (κ2) is 7.61. The van der Waals surface area contributed by atoms with Crippen LogP contribution < -0.4 is 10.6 Å². The Morgan fingerprint density at radius 1 is 1.00 bits per heavy atom. The number of rotatable bonds is 5. The van der Waals surface area contributed by atoms with Gasteiger partial charge in [0, 0.05) is 18.3 Å². The van der Waals surface area contributed by atoms with E-state index in [2.05, 4.69) is 10.6 Å². The Labute approximate surface area is 158 Å². The molecule has 140 valence electrons. The summed E-state index contributed by atoms with van der Waals surface area (Å²) in [6.07, 6.45) is 0.730. The number of nitrogens with zero attached hydrogens (tertiary/aromatic N) is 1. The Kier molecular flexibility index (Phi) is 5.26. The summed E-state index contributed by atoms with van der Waals surface area (Å²) in [5, 5.41) is 5.51. The summed E-state index contributed by atoms with van der Waals surface area (Å²) in [6.45, 7) is 6.12. The largest absolute Gasteiger partial charge is 0.338 e. The number of carbonyl (C=O) groups is 3. The highest BCUT2D eigenvalue weighted by Crippen LogP contribution is 2.27. The maximum absolute atomic E-state index is 12.4. The van der Waals surface area contributed by atoms with Crippen LogP contribution in [0.4, 0.5) is 10.5 Å². The van der Waals surface area contributed by atoms with Crippen LogP contribution >= 0.6 is 0 Å². The van der Waals surface area contributed by atoms with Crippen LogP contribution in [0.3, 0.4) is 0 Å². The summed E-state index contributed by atoms with van der Waals surface area (Å²) in [5.74, 6) is -0.618. The van der Waals surface area contributed by atoms with Crippen molar-refractivity contribution >= 4 is 23.5 Å². The van der Waals surface area contributed by atoms with Gasteiger partial charge in [-0.3, -0.25) is 14.5 Å². The molecule has 0 aliphatic carbocycles. The van der Waals surface area contributed by atoms with Gasteiger partial charge in [-0.15, -0.1) is 0 Å². The Bertz CT molecular complexity index is 888.